The second-order valence-corrected chi connectivity index (χ2v) is 6.98. The molecule has 7 heteroatoms. The minimum absolute atomic E-state index is 0. The summed E-state index contributed by atoms with van der Waals surface area (Å²) in [4.78, 5) is 16.9. The lowest BCUT2D eigenvalue weighted by molar-refractivity contribution is -0.122. The number of oxazole rings is 1. The molecule has 1 atom stereocenters. The molecular formula is C19H29Cl2N3O2. The highest BCUT2D eigenvalue weighted by atomic mass is 35.5. The first-order valence-corrected chi connectivity index (χ1v) is 8.36. The topological polar surface area (TPSA) is 81.2 Å². The fourth-order valence-electron chi connectivity index (χ4n) is 2.92. The Bertz CT molecular complexity index is 689. The maximum atomic E-state index is 12.4. The van der Waals surface area contributed by atoms with Crippen LogP contribution in [0.25, 0.3) is 11.5 Å². The number of nitrogens with one attached hydrogen (secondary N) is 1. The third-order valence-electron chi connectivity index (χ3n) is 3.99. The molecule has 26 heavy (non-hydrogen) atoms. The van der Waals surface area contributed by atoms with Crippen LogP contribution in [0.2, 0.25) is 0 Å². The van der Waals surface area contributed by atoms with Crippen molar-refractivity contribution in [2.75, 3.05) is 6.54 Å². The van der Waals surface area contributed by atoms with Gasteiger partial charge in [-0.05, 0) is 38.3 Å². The van der Waals surface area contributed by atoms with E-state index in [1.165, 1.54) is 0 Å². The largest absolute Gasteiger partial charge is 0.441 e. The molecule has 0 fully saturated rings. The molecule has 0 aliphatic rings. The highest BCUT2D eigenvalue weighted by Crippen LogP contribution is 2.22. The molecule has 146 valence electrons. The van der Waals surface area contributed by atoms with Crippen molar-refractivity contribution in [1.82, 2.24) is 10.3 Å². The smallest absolute Gasteiger partial charge is 0.226 e. The lowest BCUT2D eigenvalue weighted by Gasteiger charge is -2.31. The van der Waals surface area contributed by atoms with Gasteiger partial charge in [0.25, 0.3) is 0 Å². The Morgan fingerprint density at radius 3 is 2.42 bits per heavy atom. The van der Waals surface area contributed by atoms with Crippen LogP contribution in [0.15, 0.2) is 34.7 Å². The SMILES string of the molecule is Cc1oc(-c2ccccc2)nc1CC(=O)NC(C)(CN)CC(C)C.Cl.Cl. The molecule has 1 amide bonds. The average molecular weight is 402 g/mol. The van der Waals surface area contributed by atoms with Gasteiger partial charge in [0.1, 0.15) is 5.76 Å². The van der Waals surface area contributed by atoms with Crippen LogP contribution < -0.4 is 11.1 Å². The minimum Gasteiger partial charge on any atom is -0.441 e. The summed E-state index contributed by atoms with van der Waals surface area (Å²) in [5, 5.41) is 3.05. The maximum absolute atomic E-state index is 12.4. The van der Waals surface area contributed by atoms with E-state index in [4.69, 9.17) is 10.2 Å². The molecule has 2 rings (SSSR count). The molecule has 0 aliphatic heterocycles. The quantitative estimate of drug-likeness (QED) is 0.736. The van der Waals surface area contributed by atoms with Crippen LogP contribution in [-0.4, -0.2) is 23.0 Å². The Labute approximate surface area is 168 Å². The Kier molecular flexibility index (Phi) is 9.92. The van der Waals surface area contributed by atoms with Gasteiger partial charge in [0, 0.05) is 17.6 Å². The number of aryl methyl sites for hydroxylation is 1. The predicted molar refractivity (Wildman–Crippen MR) is 110 cm³/mol. The molecule has 0 saturated heterocycles. The number of carbonyl (C=O) groups excluding carboxylic acids is 1. The van der Waals surface area contributed by atoms with Gasteiger partial charge in [-0.2, -0.15) is 0 Å². The van der Waals surface area contributed by atoms with Gasteiger partial charge in [0.2, 0.25) is 11.8 Å². The zero-order valence-electron chi connectivity index (χ0n) is 15.7. The number of nitrogens with zero attached hydrogens (tertiary/aromatic N) is 1. The fraction of sp³-hybridized carbons (Fsp3) is 0.474. The van der Waals surface area contributed by atoms with Crippen molar-refractivity contribution in [1.29, 1.82) is 0 Å². The van der Waals surface area contributed by atoms with E-state index in [0.29, 0.717) is 29.8 Å². The molecule has 1 heterocycles. The maximum Gasteiger partial charge on any atom is 0.226 e. The number of hydrogen-bond acceptors (Lipinski definition) is 4. The summed E-state index contributed by atoms with van der Waals surface area (Å²) in [5.41, 5.74) is 7.02. The Morgan fingerprint density at radius 1 is 1.27 bits per heavy atom. The van der Waals surface area contributed by atoms with Crippen molar-refractivity contribution in [3.05, 3.63) is 41.8 Å². The van der Waals surface area contributed by atoms with E-state index in [0.717, 1.165) is 12.0 Å². The second-order valence-electron chi connectivity index (χ2n) is 6.98. The van der Waals surface area contributed by atoms with E-state index < -0.39 is 5.54 Å². The number of carbonyl (C=O) groups is 1. The van der Waals surface area contributed by atoms with Gasteiger partial charge in [-0.1, -0.05) is 32.0 Å². The first kappa shape index (κ1) is 24.4. The van der Waals surface area contributed by atoms with Crippen LogP contribution in [-0.2, 0) is 11.2 Å². The Hall–Kier alpha value is -1.56. The molecule has 2 aromatic rings. The van der Waals surface area contributed by atoms with E-state index >= 15 is 0 Å². The third-order valence-corrected chi connectivity index (χ3v) is 3.99. The van der Waals surface area contributed by atoms with Crippen molar-refractivity contribution in [3.8, 4) is 11.5 Å². The van der Waals surface area contributed by atoms with Crippen LogP contribution in [0.1, 0.15) is 38.6 Å². The third kappa shape index (κ3) is 6.63. The van der Waals surface area contributed by atoms with E-state index in [2.05, 4.69) is 24.1 Å². The highest BCUT2D eigenvalue weighted by Gasteiger charge is 2.26. The van der Waals surface area contributed by atoms with Crippen molar-refractivity contribution in [2.45, 2.75) is 46.1 Å². The number of benzene rings is 1. The summed E-state index contributed by atoms with van der Waals surface area (Å²) >= 11 is 0. The number of rotatable bonds is 7. The molecule has 1 aromatic heterocycles. The minimum atomic E-state index is -0.398. The van der Waals surface area contributed by atoms with Crippen molar-refractivity contribution >= 4 is 30.7 Å². The van der Waals surface area contributed by atoms with Gasteiger partial charge in [0.05, 0.1) is 12.1 Å². The molecule has 0 aliphatic carbocycles. The normalized spacial score (nSPS) is 12.7. The van der Waals surface area contributed by atoms with Gasteiger partial charge < -0.3 is 15.5 Å². The fourth-order valence-corrected chi connectivity index (χ4v) is 2.92. The van der Waals surface area contributed by atoms with E-state index in [1.54, 1.807) is 0 Å². The lowest BCUT2D eigenvalue weighted by Crippen LogP contribution is -2.52. The lowest BCUT2D eigenvalue weighted by atomic mass is 9.90. The van der Waals surface area contributed by atoms with Crippen LogP contribution >= 0.6 is 24.8 Å². The molecule has 1 aromatic carbocycles. The first-order valence-electron chi connectivity index (χ1n) is 8.36. The summed E-state index contributed by atoms with van der Waals surface area (Å²) in [7, 11) is 0. The number of aromatic nitrogens is 1. The number of nitrogens with two attached hydrogens (primary N) is 1. The van der Waals surface area contributed by atoms with Crippen LogP contribution in [0.4, 0.5) is 0 Å². The standard InChI is InChI=1S/C19H27N3O2.2ClH/c1-13(2)11-19(4,12-20)22-17(23)10-16-14(3)24-18(21-16)15-8-6-5-7-9-15;;/h5-9,13H,10-12,20H2,1-4H3,(H,22,23);2*1H. The number of halogens is 2. The van der Waals surface area contributed by atoms with E-state index in [9.17, 15) is 4.79 Å². The number of amides is 1. The summed E-state index contributed by atoms with van der Waals surface area (Å²) in [5.74, 6) is 1.58. The van der Waals surface area contributed by atoms with Gasteiger partial charge in [-0.3, -0.25) is 4.79 Å². The molecule has 5 nitrogen and oxygen atoms in total. The Balaban J connectivity index is 0.00000312. The molecule has 0 bridgehead atoms. The number of hydrogen-bond donors (Lipinski definition) is 2. The van der Waals surface area contributed by atoms with Crippen molar-refractivity contribution < 1.29 is 9.21 Å². The summed E-state index contributed by atoms with van der Waals surface area (Å²) in [6.07, 6.45) is 1.03. The highest BCUT2D eigenvalue weighted by molar-refractivity contribution is 5.85. The van der Waals surface area contributed by atoms with Crippen molar-refractivity contribution in [3.63, 3.8) is 0 Å². The predicted octanol–water partition coefficient (Wildman–Crippen LogP) is 3.92. The second kappa shape index (κ2) is 10.6. The van der Waals surface area contributed by atoms with Gasteiger partial charge in [0.15, 0.2) is 0 Å². The van der Waals surface area contributed by atoms with E-state index in [-0.39, 0.29) is 37.1 Å². The monoisotopic (exact) mass is 401 g/mol. The molecule has 0 radical (unpaired) electrons. The molecule has 0 saturated carbocycles. The molecule has 3 N–H and O–H groups in total. The summed E-state index contributed by atoms with van der Waals surface area (Å²) < 4.78 is 5.71. The molecule has 0 spiro atoms. The average Bonchev–Trinajstić information content (AvgIpc) is 2.88. The zero-order chi connectivity index (χ0) is 17.7. The Morgan fingerprint density at radius 2 is 1.88 bits per heavy atom. The van der Waals surface area contributed by atoms with Gasteiger partial charge in [-0.15, -0.1) is 24.8 Å². The van der Waals surface area contributed by atoms with Crippen LogP contribution in [0.3, 0.4) is 0 Å². The van der Waals surface area contributed by atoms with Crippen LogP contribution in [0, 0.1) is 12.8 Å². The van der Waals surface area contributed by atoms with E-state index in [1.807, 2.05) is 44.2 Å². The van der Waals surface area contributed by atoms with Gasteiger partial charge in [-0.25, -0.2) is 4.98 Å². The summed E-state index contributed by atoms with van der Waals surface area (Å²) in [6, 6.07) is 9.67. The van der Waals surface area contributed by atoms with Crippen LogP contribution in [0.5, 0.6) is 0 Å². The van der Waals surface area contributed by atoms with Gasteiger partial charge >= 0.3 is 0 Å². The summed E-state index contributed by atoms with van der Waals surface area (Å²) in [6.45, 7) is 8.46. The zero-order valence-corrected chi connectivity index (χ0v) is 17.4. The molecule has 1 unspecified atom stereocenters. The van der Waals surface area contributed by atoms with Crippen molar-refractivity contribution in [2.24, 2.45) is 11.7 Å². The molecular weight excluding hydrogens is 373 g/mol. The first-order chi connectivity index (χ1) is 11.3.